The molecule has 0 radical (unpaired) electrons. The molecule has 0 heterocycles. The lowest BCUT2D eigenvalue weighted by molar-refractivity contribution is 0.189. The molecular formula is C5H14ClNO. The minimum Gasteiger partial charge on any atom is -0.385 e. The van der Waals surface area contributed by atoms with E-state index in [1.165, 1.54) is 0 Å². The Labute approximate surface area is 56.8 Å². The lowest BCUT2D eigenvalue weighted by Gasteiger charge is -2.00. The molecular weight excluding hydrogens is 126 g/mol. The zero-order valence-corrected chi connectivity index (χ0v) is 6.20. The van der Waals surface area contributed by atoms with E-state index >= 15 is 0 Å². The highest BCUT2D eigenvalue weighted by atomic mass is 35.5. The molecule has 0 aliphatic rings. The van der Waals surface area contributed by atoms with Crippen molar-refractivity contribution in [2.75, 3.05) is 13.7 Å². The molecule has 0 saturated heterocycles. The fourth-order valence-electron chi connectivity index (χ4n) is 0.304. The molecule has 3 heteroatoms. The van der Waals surface area contributed by atoms with Gasteiger partial charge in [-0.2, -0.15) is 0 Å². The summed E-state index contributed by atoms with van der Waals surface area (Å²) < 4.78 is 4.77. The van der Waals surface area contributed by atoms with Crippen molar-refractivity contribution in [3.8, 4) is 0 Å². The van der Waals surface area contributed by atoms with E-state index in [4.69, 9.17) is 10.5 Å². The van der Waals surface area contributed by atoms with Gasteiger partial charge in [0.05, 0.1) is 0 Å². The average molecular weight is 140 g/mol. The van der Waals surface area contributed by atoms with Crippen molar-refractivity contribution >= 4 is 12.4 Å². The molecule has 8 heavy (non-hydrogen) atoms. The number of hydrogen-bond donors (Lipinski definition) is 1. The summed E-state index contributed by atoms with van der Waals surface area (Å²) in [5.41, 5.74) is 5.40. The largest absolute Gasteiger partial charge is 0.385 e. The molecule has 0 aromatic carbocycles. The number of nitrogens with two attached hydrogens (primary N) is 1. The van der Waals surface area contributed by atoms with Crippen molar-refractivity contribution in [2.24, 2.45) is 5.73 Å². The second kappa shape index (κ2) is 7.21. The van der Waals surface area contributed by atoms with Crippen LogP contribution in [0.4, 0.5) is 0 Å². The maximum absolute atomic E-state index is 5.40. The SMILES string of the molecule is COCC[C@H](C)N.Cl. The van der Waals surface area contributed by atoms with Crippen LogP contribution in [0, 0.1) is 0 Å². The molecule has 0 unspecified atom stereocenters. The quantitative estimate of drug-likeness (QED) is 0.628. The second-order valence-electron chi connectivity index (χ2n) is 1.76. The first-order chi connectivity index (χ1) is 3.27. The molecule has 0 fully saturated rings. The summed E-state index contributed by atoms with van der Waals surface area (Å²) in [6, 6.07) is 0.278. The Morgan fingerprint density at radius 3 is 2.25 bits per heavy atom. The van der Waals surface area contributed by atoms with Crippen LogP contribution in [0.1, 0.15) is 13.3 Å². The summed E-state index contributed by atoms with van der Waals surface area (Å²) in [4.78, 5) is 0. The van der Waals surface area contributed by atoms with Crippen LogP contribution in [0.25, 0.3) is 0 Å². The van der Waals surface area contributed by atoms with E-state index in [1.54, 1.807) is 7.11 Å². The topological polar surface area (TPSA) is 35.2 Å². The Hall–Kier alpha value is 0.210. The van der Waals surface area contributed by atoms with Crippen LogP contribution in [0.15, 0.2) is 0 Å². The Kier molecular flexibility index (Phi) is 9.97. The zero-order chi connectivity index (χ0) is 5.70. The van der Waals surface area contributed by atoms with Gasteiger partial charge in [-0.25, -0.2) is 0 Å². The second-order valence-corrected chi connectivity index (χ2v) is 1.76. The third kappa shape index (κ3) is 9.51. The summed E-state index contributed by atoms with van der Waals surface area (Å²) in [6.07, 6.45) is 0.955. The van der Waals surface area contributed by atoms with Crippen LogP contribution in [-0.2, 0) is 4.74 Å². The first kappa shape index (κ1) is 11.1. The standard InChI is InChI=1S/C5H13NO.ClH/c1-5(6)3-4-7-2;/h5H,3-4,6H2,1-2H3;1H/t5-;/m0./s1. The van der Waals surface area contributed by atoms with Gasteiger partial charge in [0.1, 0.15) is 0 Å². The van der Waals surface area contributed by atoms with Gasteiger partial charge in [-0.15, -0.1) is 12.4 Å². The van der Waals surface area contributed by atoms with Gasteiger partial charge in [-0.1, -0.05) is 0 Å². The summed E-state index contributed by atoms with van der Waals surface area (Å²) in [6.45, 7) is 2.75. The van der Waals surface area contributed by atoms with Gasteiger partial charge in [-0.05, 0) is 13.3 Å². The van der Waals surface area contributed by atoms with Crippen molar-refractivity contribution in [1.29, 1.82) is 0 Å². The fourth-order valence-corrected chi connectivity index (χ4v) is 0.304. The fraction of sp³-hybridized carbons (Fsp3) is 1.00. The predicted molar refractivity (Wildman–Crippen MR) is 37.4 cm³/mol. The summed E-state index contributed by atoms with van der Waals surface area (Å²) in [5.74, 6) is 0. The number of hydrogen-bond acceptors (Lipinski definition) is 2. The molecule has 2 N–H and O–H groups in total. The highest BCUT2D eigenvalue weighted by Gasteiger charge is 1.89. The van der Waals surface area contributed by atoms with Crippen LogP contribution in [0.5, 0.6) is 0 Å². The molecule has 0 aliphatic carbocycles. The molecule has 0 amide bonds. The highest BCUT2D eigenvalue weighted by Crippen LogP contribution is 1.83. The monoisotopic (exact) mass is 139 g/mol. The highest BCUT2D eigenvalue weighted by molar-refractivity contribution is 5.85. The van der Waals surface area contributed by atoms with Gasteiger partial charge in [0.15, 0.2) is 0 Å². The van der Waals surface area contributed by atoms with Gasteiger partial charge in [0.2, 0.25) is 0 Å². The first-order valence-corrected chi connectivity index (χ1v) is 2.52. The average Bonchev–Trinajstić information content (AvgIpc) is 1.61. The summed E-state index contributed by atoms with van der Waals surface area (Å²) in [5, 5.41) is 0. The number of methoxy groups -OCH3 is 1. The van der Waals surface area contributed by atoms with E-state index in [9.17, 15) is 0 Å². The molecule has 0 spiro atoms. The van der Waals surface area contributed by atoms with Crippen molar-refractivity contribution in [3.05, 3.63) is 0 Å². The van der Waals surface area contributed by atoms with Gasteiger partial charge >= 0.3 is 0 Å². The van der Waals surface area contributed by atoms with E-state index in [-0.39, 0.29) is 18.4 Å². The first-order valence-electron chi connectivity index (χ1n) is 2.52. The van der Waals surface area contributed by atoms with Crippen molar-refractivity contribution < 1.29 is 4.74 Å². The third-order valence-corrected chi connectivity index (χ3v) is 0.777. The lowest BCUT2D eigenvalue weighted by atomic mass is 10.3. The molecule has 0 rings (SSSR count). The molecule has 52 valence electrons. The van der Waals surface area contributed by atoms with E-state index < -0.39 is 0 Å². The zero-order valence-electron chi connectivity index (χ0n) is 5.39. The summed E-state index contributed by atoms with van der Waals surface area (Å²) >= 11 is 0. The minimum absolute atomic E-state index is 0. The molecule has 0 saturated carbocycles. The van der Waals surface area contributed by atoms with Crippen LogP contribution in [0.3, 0.4) is 0 Å². The lowest BCUT2D eigenvalue weighted by Crippen LogP contribution is -2.16. The Balaban J connectivity index is 0. The Bertz CT molecular complexity index is 41.4. The molecule has 0 aromatic rings. The minimum atomic E-state index is 0. The smallest absolute Gasteiger partial charge is 0.0476 e. The van der Waals surface area contributed by atoms with E-state index in [0.717, 1.165) is 13.0 Å². The van der Waals surface area contributed by atoms with E-state index in [2.05, 4.69) is 0 Å². The normalized spacial score (nSPS) is 12.4. The maximum atomic E-state index is 5.40. The predicted octanol–water partition coefficient (Wildman–Crippen LogP) is 0.792. The third-order valence-electron chi connectivity index (χ3n) is 0.777. The number of halogens is 1. The molecule has 2 nitrogen and oxygen atoms in total. The number of rotatable bonds is 3. The van der Waals surface area contributed by atoms with Crippen LogP contribution in [-0.4, -0.2) is 19.8 Å². The molecule has 0 aliphatic heterocycles. The van der Waals surface area contributed by atoms with Gasteiger partial charge in [-0.3, -0.25) is 0 Å². The Morgan fingerprint density at radius 2 is 2.12 bits per heavy atom. The van der Waals surface area contributed by atoms with Gasteiger partial charge in [0.25, 0.3) is 0 Å². The van der Waals surface area contributed by atoms with Crippen molar-refractivity contribution in [2.45, 2.75) is 19.4 Å². The Morgan fingerprint density at radius 1 is 1.62 bits per heavy atom. The van der Waals surface area contributed by atoms with Gasteiger partial charge in [0, 0.05) is 19.8 Å². The van der Waals surface area contributed by atoms with E-state index in [1.807, 2.05) is 6.92 Å². The molecule has 1 atom stereocenters. The van der Waals surface area contributed by atoms with Crippen molar-refractivity contribution in [3.63, 3.8) is 0 Å². The van der Waals surface area contributed by atoms with Crippen LogP contribution < -0.4 is 5.73 Å². The van der Waals surface area contributed by atoms with E-state index in [0.29, 0.717) is 0 Å². The molecule has 0 bridgehead atoms. The van der Waals surface area contributed by atoms with Crippen LogP contribution in [0.2, 0.25) is 0 Å². The van der Waals surface area contributed by atoms with Crippen LogP contribution >= 0.6 is 12.4 Å². The molecule has 0 aromatic heterocycles. The summed E-state index contributed by atoms with van der Waals surface area (Å²) in [7, 11) is 1.68. The van der Waals surface area contributed by atoms with Crippen molar-refractivity contribution in [1.82, 2.24) is 0 Å². The number of ether oxygens (including phenoxy) is 1. The maximum Gasteiger partial charge on any atom is 0.0476 e. The van der Waals surface area contributed by atoms with Gasteiger partial charge < -0.3 is 10.5 Å².